The topological polar surface area (TPSA) is 59.3 Å². The molecule has 1 N–H and O–H groups in total. The van der Waals surface area contributed by atoms with E-state index in [1.165, 1.54) is 35.9 Å². The van der Waals surface area contributed by atoms with Crippen molar-refractivity contribution in [1.29, 1.82) is 0 Å². The lowest BCUT2D eigenvalue weighted by Crippen LogP contribution is -2.07. The van der Waals surface area contributed by atoms with Gasteiger partial charge in [0, 0.05) is 11.8 Å². The molecule has 0 unspecified atom stereocenters. The van der Waals surface area contributed by atoms with Crippen molar-refractivity contribution in [2.45, 2.75) is 13.8 Å². The molecular formula is C14H11BrFNO3. The van der Waals surface area contributed by atoms with E-state index < -0.39 is 11.8 Å². The van der Waals surface area contributed by atoms with Gasteiger partial charge in [-0.05, 0) is 53.5 Å². The van der Waals surface area contributed by atoms with Crippen LogP contribution in [0.2, 0.25) is 0 Å². The molecule has 0 atom stereocenters. The molecule has 0 fully saturated rings. The summed E-state index contributed by atoms with van der Waals surface area (Å²) in [5, 5.41) is 9.22. The van der Waals surface area contributed by atoms with Crippen LogP contribution in [0.25, 0.3) is 5.69 Å². The Morgan fingerprint density at radius 3 is 2.50 bits per heavy atom. The molecule has 0 aliphatic heterocycles. The molecule has 0 radical (unpaired) electrons. The Balaban J connectivity index is 2.71. The monoisotopic (exact) mass is 339 g/mol. The number of aromatic nitrogens is 1. The normalized spacial score (nSPS) is 10.6. The summed E-state index contributed by atoms with van der Waals surface area (Å²) in [5.74, 6) is -1.82. The molecule has 1 aromatic carbocycles. The smallest absolute Gasteiger partial charge is 0.352 e. The van der Waals surface area contributed by atoms with Gasteiger partial charge >= 0.3 is 5.97 Å². The average Bonchev–Trinajstić information content (AvgIpc) is 2.78. The Bertz CT molecular complexity index is 721. The van der Waals surface area contributed by atoms with Gasteiger partial charge < -0.3 is 9.67 Å². The standard InChI is InChI=1S/C14H11BrFNO3/c1-7-3-11(16)10(15)5-12(7)17-6-9(8(2)18)4-13(17)14(19)20/h3-6H,1-2H3,(H,19,20). The first-order chi connectivity index (χ1) is 9.31. The number of aryl methyl sites for hydroxylation is 1. The van der Waals surface area contributed by atoms with Gasteiger partial charge in [-0.15, -0.1) is 0 Å². The van der Waals surface area contributed by atoms with Gasteiger partial charge in [0.15, 0.2) is 5.78 Å². The van der Waals surface area contributed by atoms with E-state index >= 15 is 0 Å². The van der Waals surface area contributed by atoms with E-state index in [-0.39, 0.29) is 15.9 Å². The molecule has 20 heavy (non-hydrogen) atoms. The fraction of sp³-hybridized carbons (Fsp3) is 0.143. The summed E-state index contributed by atoms with van der Waals surface area (Å²) in [7, 11) is 0. The molecular weight excluding hydrogens is 329 g/mol. The minimum Gasteiger partial charge on any atom is -0.477 e. The Labute approximate surface area is 123 Å². The number of carboxylic acids is 1. The number of nitrogens with zero attached hydrogens (tertiary/aromatic N) is 1. The number of Topliss-reactive ketones (excluding diaryl/α,β-unsaturated/α-hetero) is 1. The van der Waals surface area contributed by atoms with Crippen LogP contribution >= 0.6 is 15.9 Å². The Kier molecular flexibility index (Phi) is 3.76. The number of hydrogen-bond donors (Lipinski definition) is 1. The lowest BCUT2D eigenvalue weighted by Gasteiger charge is -2.11. The lowest BCUT2D eigenvalue weighted by molar-refractivity contribution is 0.0688. The van der Waals surface area contributed by atoms with Gasteiger partial charge in [-0.3, -0.25) is 4.79 Å². The molecule has 1 aromatic heterocycles. The zero-order chi connectivity index (χ0) is 15.0. The number of ketones is 1. The maximum absolute atomic E-state index is 13.4. The predicted molar refractivity (Wildman–Crippen MR) is 75.1 cm³/mol. The third kappa shape index (κ3) is 2.51. The van der Waals surface area contributed by atoms with Crippen molar-refractivity contribution in [3.05, 3.63) is 51.5 Å². The Hall–Kier alpha value is -1.95. The summed E-state index contributed by atoms with van der Waals surface area (Å²) in [6.07, 6.45) is 1.44. The number of carbonyl (C=O) groups is 2. The minimum atomic E-state index is -1.16. The van der Waals surface area contributed by atoms with Crippen LogP contribution in [0.4, 0.5) is 4.39 Å². The molecule has 104 valence electrons. The quantitative estimate of drug-likeness (QED) is 0.869. The second-order valence-electron chi connectivity index (χ2n) is 4.40. The van der Waals surface area contributed by atoms with Crippen molar-refractivity contribution >= 4 is 27.7 Å². The van der Waals surface area contributed by atoms with E-state index in [4.69, 9.17) is 0 Å². The molecule has 0 saturated carbocycles. The summed E-state index contributed by atoms with van der Waals surface area (Å²) in [4.78, 5) is 22.7. The van der Waals surface area contributed by atoms with Gasteiger partial charge in [0.2, 0.25) is 0 Å². The summed E-state index contributed by atoms with van der Waals surface area (Å²) in [6.45, 7) is 3.03. The van der Waals surface area contributed by atoms with Crippen molar-refractivity contribution < 1.29 is 19.1 Å². The van der Waals surface area contributed by atoms with Crippen LogP contribution in [0.1, 0.15) is 33.3 Å². The molecule has 6 heteroatoms. The van der Waals surface area contributed by atoms with Crippen LogP contribution in [0.15, 0.2) is 28.9 Å². The maximum Gasteiger partial charge on any atom is 0.352 e. The first-order valence-corrected chi connectivity index (χ1v) is 6.53. The number of hydrogen-bond acceptors (Lipinski definition) is 2. The van der Waals surface area contributed by atoms with Gasteiger partial charge in [0.25, 0.3) is 0 Å². The van der Waals surface area contributed by atoms with Crippen molar-refractivity contribution in [2.75, 3.05) is 0 Å². The molecule has 0 aliphatic rings. The largest absolute Gasteiger partial charge is 0.477 e. The zero-order valence-corrected chi connectivity index (χ0v) is 12.4. The first kappa shape index (κ1) is 14.5. The Morgan fingerprint density at radius 2 is 1.95 bits per heavy atom. The van der Waals surface area contributed by atoms with Crippen LogP contribution in [-0.2, 0) is 0 Å². The van der Waals surface area contributed by atoms with Crippen molar-refractivity contribution in [3.8, 4) is 5.69 Å². The molecule has 0 spiro atoms. The Morgan fingerprint density at radius 1 is 1.30 bits per heavy atom. The highest BCUT2D eigenvalue weighted by atomic mass is 79.9. The summed E-state index contributed by atoms with van der Waals surface area (Å²) in [5.41, 5.74) is 1.32. The van der Waals surface area contributed by atoms with Gasteiger partial charge in [-0.2, -0.15) is 0 Å². The molecule has 4 nitrogen and oxygen atoms in total. The molecule has 1 heterocycles. The minimum absolute atomic E-state index is 0.0446. The number of halogens is 2. The fourth-order valence-corrected chi connectivity index (χ4v) is 2.25. The van der Waals surface area contributed by atoms with E-state index in [1.54, 1.807) is 6.92 Å². The number of rotatable bonds is 3. The molecule has 0 saturated heterocycles. The number of benzene rings is 1. The zero-order valence-electron chi connectivity index (χ0n) is 10.8. The number of carboxylic acid groups (broad SMARTS) is 1. The summed E-state index contributed by atoms with van der Waals surface area (Å²) < 4.78 is 15.0. The van der Waals surface area contributed by atoms with Crippen LogP contribution in [0.3, 0.4) is 0 Å². The second-order valence-corrected chi connectivity index (χ2v) is 5.25. The number of aromatic carboxylic acids is 1. The SMILES string of the molecule is CC(=O)c1cc(C(=O)O)n(-c2cc(Br)c(F)cc2C)c1. The molecule has 0 amide bonds. The van der Waals surface area contributed by atoms with Gasteiger partial charge in [-0.1, -0.05) is 0 Å². The molecule has 0 bridgehead atoms. The first-order valence-electron chi connectivity index (χ1n) is 5.74. The van der Waals surface area contributed by atoms with E-state index in [0.29, 0.717) is 16.8 Å². The van der Waals surface area contributed by atoms with Crippen LogP contribution in [0, 0.1) is 12.7 Å². The number of carbonyl (C=O) groups excluding carboxylic acids is 1. The summed E-state index contributed by atoms with van der Waals surface area (Å²) >= 11 is 3.07. The van der Waals surface area contributed by atoms with Crippen molar-refractivity contribution in [3.63, 3.8) is 0 Å². The summed E-state index contributed by atoms with van der Waals surface area (Å²) in [6, 6.07) is 4.10. The van der Waals surface area contributed by atoms with Crippen LogP contribution in [0.5, 0.6) is 0 Å². The maximum atomic E-state index is 13.4. The van der Waals surface area contributed by atoms with Gasteiger partial charge in [0.05, 0.1) is 10.2 Å². The third-order valence-electron chi connectivity index (χ3n) is 2.94. The van der Waals surface area contributed by atoms with E-state index in [0.717, 1.165) is 0 Å². The van der Waals surface area contributed by atoms with Crippen molar-refractivity contribution in [1.82, 2.24) is 4.57 Å². The highest BCUT2D eigenvalue weighted by molar-refractivity contribution is 9.10. The molecule has 0 aliphatic carbocycles. The second kappa shape index (κ2) is 5.20. The van der Waals surface area contributed by atoms with Gasteiger partial charge in [0.1, 0.15) is 11.5 Å². The predicted octanol–water partition coefficient (Wildman–Crippen LogP) is 3.59. The van der Waals surface area contributed by atoms with Crippen molar-refractivity contribution in [2.24, 2.45) is 0 Å². The van der Waals surface area contributed by atoms with E-state index in [1.807, 2.05) is 0 Å². The van der Waals surface area contributed by atoms with E-state index in [2.05, 4.69) is 15.9 Å². The highest BCUT2D eigenvalue weighted by Crippen LogP contribution is 2.26. The highest BCUT2D eigenvalue weighted by Gasteiger charge is 2.18. The van der Waals surface area contributed by atoms with Crippen LogP contribution < -0.4 is 0 Å². The third-order valence-corrected chi connectivity index (χ3v) is 3.55. The van der Waals surface area contributed by atoms with E-state index in [9.17, 15) is 19.1 Å². The molecule has 2 rings (SSSR count). The lowest BCUT2D eigenvalue weighted by atomic mass is 10.2. The average molecular weight is 340 g/mol. The fourth-order valence-electron chi connectivity index (χ4n) is 1.91. The van der Waals surface area contributed by atoms with Crippen LogP contribution in [-0.4, -0.2) is 21.4 Å². The molecule has 2 aromatic rings. The van der Waals surface area contributed by atoms with Gasteiger partial charge in [-0.25, -0.2) is 9.18 Å².